The van der Waals surface area contributed by atoms with Crippen LogP contribution in [-0.4, -0.2) is 10.9 Å². The molecule has 0 aromatic carbocycles. The fraction of sp³-hybridized carbons (Fsp3) is 0.125. The number of guanidine groups is 1. The van der Waals surface area contributed by atoms with Crippen molar-refractivity contribution in [3.63, 3.8) is 0 Å². The van der Waals surface area contributed by atoms with Crippen LogP contribution < -0.4 is 11.1 Å². The third-order valence-corrected chi connectivity index (χ3v) is 1.63. The molecule has 14 heavy (non-hydrogen) atoms. The Morgan fingerprint density at radius 2 is 2.50 bits per heavy atom. The minimum atomic E-state index is 0.0856. The highest BCUT2D eigenvalue weighted by atomic mass is 35.5. The molecule has 0 bridgehead atoms. The molecule has 0 unspecified atom stereocenters. The summed E-state index contributed by atoms with van der Waals surface area (Å²) in [6.45, 7) is 0.366. The molecule has 3 N–H and O–H groups in total. The van der Waals surface area contributed by atoms with Crippen molar-refractivity contribution < 1.29 is 0 Å². The maximum atomic E-state index is 8.22. The van der Waals surface area contributed by atoms with Gasteiger partial charge in [0.15, 0.2) is 6.19 Å². The van der Waals surface area contributed by atoms with Gasteiger partial charge in [0, 0.05) is 6.20 Å². The molecular formula is C8H8ClN5. The van der Waals surface area contributed by atoms with E-state index in [4.69, 9.17) is 22.6 Å². The number of aromatic nitrogens is 1. The van der Waals surface area contributed by atoms with Gasteiger partial charge in [-0.2, -0.15) is 5.26 Å². The molecule has 0 radical (unpaired) electrons. The quantitative estimate of drug-likeness (QED) is 0.246. The molecule has 1 heterocycles. The van der Waals surface area contributed by atoms with Gasteiger partial charge in [0.05, 0.1) is 6.54 Å². The lowest BCUT2D eigenvalue weighted by molar-refractivity contribution is 1.02. The largest absolute Gasteiger partial charge is 0.369 e. The number of nitrogens with one attached hydrogen (secondary N) is 1. The van der Waals surface area contributed by atoms with Gasteiger partial charge in [-0.05, 0) is 11.6 Å². The second-order valence-corrected chi connectivity index (χ2v) is 2.81. The Morgan fingerprint density at radius 1 is 1.71 bits per heavy atom. The average molecular weight is 210 g/mol. The van der Waals surface area contributed by atoms with Crippen molar-refractivity contribution in [2.45, 2.75) is 6.54 Å². The molecule has 6 heteroatoms. The molecule has 0 saturated carbocycles. The summed E-state index contributed by atoms with van der Waals surface area (Å²) < 4.78 is 0. The summed E-state index contributed by atoms with van der Waals surface area (Å²) >= 11 is 5.60. The van der Waals surface area contributed by atoms with Gasteiger partial charge in [-0.1, -0.05) is 17.7 Å². The van der Waals surface area contributed by atoms with E-state index in [0.717, 1.165) is 5.56 Å². The van der Waals surface area contributed by atoms with Gasteiger partial charge in [0.2, 0.25) is 5.96 Å². The Kier molecular flexibility index (Phi) is 3.70. The monoisotopic (exact) mass is 209 g/mol. The van der Waals surface area contributed by atoms with E-state index in [1.807, 2.05) is 0 Å². The minimum Gasteiger partial charge on any atom is -0.369 e. The van der Waals surface area contributed by atoms with E-state index in [0.29, 0.717) is 11.7 Å². The third-order valence-electron chi connectivity index (χ3n) is 1.40. The molecule has 1 aromatic heterocycles. The van der Waals surface area contributed by atoms with Crippen molar-refractivity contribution in [1.82, 2.24) is 10.3 Å². The highest BCUT2D eigenvalue weighted by Crippen LogP contribution is 2.05. The second kappa shape index (κ2) is 5.04. The Morgan fingerprint density at radius 3 is 3.07 bits per heavy atom. The van der Waals surface area contributed by atoms with Gasteiger partial charge < -0.3 is 5.73 Å². The van der Waals surface area contributed by atoms with Crippen LogP contribution in [0.25, 0.3) is 0 Å². The summed E-state index contributed by atoms with van der Waals surface area (Å²) in [5.74, 6) is 0.0856. The molecule has 0 aliphatic heterocycles. The first-order valence-electron chi connectivity index (χ1n) is 3.78. The molecule has 0 aliphatic rings. The number of aliphatic imine (C=N–C) groups is 1. The second-order valence-electron chi connectivity index (χ2n) is 2.43. The Hall–Kier alpha value is -1.80. The average Bonchev–Trinajstić information content (AvgIpc) is 2.17. The zero-order valence-electron chi connectivity index (χ0n) is 7.24. The summed E-state index contributed by atoms with van der Waals surface area (Å²) in [6.07, 6.45) is 3.27. The van der Waals surface area contributed by atoms with E-state index in [-0.39, 0.29) is 5.96 Å². The first-order valence-corrected chi connectivity index (χ1v) is 4.15. The van der Waals surface area contributed by atoms with Gasteiger partial charge in [-0.15, -0.1) is 0 Å². The highest BCUT2D eigenvalue weighted by Gasteiger charge is 1.93. The SMILES string of the molecule is N#CNC(N)=NCc1ccc(Cl)nc1. The fourth-order valence-electron chi connectivity index (χ4n) is 0.773. The topological polar surface area (TPSA) is 87.1 Å². The zero-order chi connectivity index (χ0) is 10.4. The van der Waals surface area contributed by atoms with Gasteiger partial charge in [0.25, 0.3) is 0 Å². The number of hydrogen-bond donors (Lipinski definition) is 2. The fourth-order valence-corrected chi connectivity index (χ4v) is 0.885. The predicted molar refractivity (Wildman–Crippen MR) is 53.3 cm³/mol. The van der Waals surface area contributed by atoms with E-state index in [1.165, 1.54) is 0 Å². The lowest BCUT2D eigenvalue weighted by Gasteiger charge is -1.97. The number of pyridine rings is 1. The van der Waals surface area contributed by atoms with Crippen LogP contribution in [0.3, 0.4) is 0 Å². The van der Waals surface area contributed by atoms with Crippen LogP contribution in [0.4, 0.5) is 0 Å². The van der Waals surface area contributed by atoms with E-state index >= 15 is 0 Å². The van der Waals surface area contributed by atoms with Crippen molar-refractivity contribution in [3.8, 4) is 6.19 Å². The highest BCUT2D eigenvalue weighted by molar-refractivity contribution is 6.29. The maximum absolute atomic E-state index is 8.22. The first-order chi connectivity index (χ1) is 6.72. The van der Waals surface area contributed by atoms with Crippen molar-refractivity contribution in [1.29, 1.82) is 5.26 Å². The molecule has 72 valence electrons. The van der Waals surface area contributed by atoms with Crippen molar-refractivity contribution >= 4 is 17.6 Å². The van der Waals surface area contributed by atoms with Crippen molar-refractivity contribution in [2.75, 3.05) is 0 Å². The Labute approximate surface area is 86.2 Å². The zero-order valence-corrected chi connectivity index (χ0v) is 7.99. The van der Waals surface area contributed by atoms with Gasteiger partial charge in [-0.25, -0.2) is 9.98 Å². The first kappa shape index (κ1) is 10.3. The summed E-state index contributed by atoms with van der Waals surface area (Å²) in [7, 11) is 0. The van der Waals surface area contributed by atoms with Crippen LogP contribution >= 0.6 is 11.6 Å². The number of nitrogens with zero attached hydrogens (tertiary/aromatic N) is 3. The van der Waals surface area contributed by atoms with Crippen LogP contribution in [0.15, 0.2) is 23.3 Å². The molecule has 0 spiro atoms. The molecule has 1 rings (SSSR count). The molecule has 0 saturated heterocycles. The minimum absolute atomic E-state index is 0.0856. The van der Waals surface area contributed by atoms with Crippen molar-refractivity contribution in [3.05, 3.63) is 29.0 Å². The summed E-state index contributed by atoms with van der Waals surface area (Å²) in [5, 5.41) is 10.9. The van der Waals surface area contributed by atoms with Gasteiger partial charge >= 0.3 is 0 Å². The van der Waals surface area contributed by atoms with Gasteiger partial charge in [-0.3, -0.25) is 5.32 Å². The predicted octanol–water partition coefficient (Wildman–Crippen LogP) is 0.620. The summed E-state index contributed by atoms with van der Waals surface area (Å²) in [4.78, 5) is 7.76. The molecular weight excluding hydrogens is 202 g/mol. The molecule has 0 amide bonds. The lowest BCUT2D eigenvalue weighted by atomic mass is 10.3. The molecule has 1 aromatic rings. The van der Waals surface area contributed by atoms with Gasteiger partial charge in [0.1, 0.15) is 5.15 Å². The normalized spacial score (nSPS) is 10.7. The van der Waals surface area contributed by atoms with E-state index < -0.39 is 0 Å². The van der Waals surface area contributed by atoms with E-state index in [2.05, 4.69) is 15.3 Å². The van der Waals surface area contributed by atoms with Crippen LogP contribution in [-0.2, 0) is 6.54 Å². The van der Waals surface area contributed by atoms with Crippen LogP contribution in [0.5, 0.6) is 0 Å². The summed E-state index contributed by atoms with van der Waals surface area (Å²) in [5.41, 5.74) is 6.20. The lowest BCUT2D eigenvalue weighted by Crippen LogP contribution is -2.27. The molecule has 0 fully saturated rings. The number of rotatable bonds is 2. The number of nitriles is 1. The smallest absolute Gasteiger partial charge is 0.202 e. The third kappa shape index (κ3) is 3.29. The maximum Gasteiger partial charge on any atom is 0.202 e. The van der Waals surface area contributed by atoms with Crippen LogP contribution in [0.1, 0.15) is 5.56 Å². The molecule has 0 aliphatic carbocycles. The number of halogens is 1. The summed E-state index contributed by atoms with van der Waals surface area (Å²) in [6, 6.07) is 3.46. The number of nitrogens with two attached hydrogens (primary N) is 1. The van der Waals surface area contributed by atoms with E-state index in [1.54, 1.807) is 24.5 Å². The van der Waals surface area contributed by atoms with Crippen molar-refractivity contribution in [2.24, 2.45) is 10.7 Å². The van der Waals surface area contributed by atoms with Crippen LogP contribution in [0, 0.1) is 11.5 Å². The Bertz CT molecular complexity index is 364. The molecule has 5 nitrogen and oxygen atoms in total. The Balaban J connectivity index is 2.58. The van der Waals surface area contributed by atoms with E-state index in [9.17, 15) is 0 Å². The number of hydrogen-bond acceptors (Lipinski definition) is 3. The molecule has 0 atom stereocenters. The standard InChI is InChI=1S/C8H8ClN5/c9-7-2-1-6(3-12-7)4-13-8(11)14-5-10/h1-3H,4H2,(H3,11,13,14). The van der Waals surface area contributed by atoms with Crippen LogP contribution in [0.2, 0.25) is 5.15 Å².